The molecule has 0 unspecified atom stereocenters. The molecule has 6 N–H and O–H groups in total. The topological polar surface area (TPSA) is 267 Å². The van der Waals surface area contributed by atoms with Gasteiger partial charge >= 0.3 is 6.09 Å². The van der Waals surface area contributed by atoms with E-state index in [-0.39, 0.29) is 48.8 Å². The number of hydrogen-bond acceptors (Lipinski definition) is 13. The molecule has 1 aliphatic heterocycles. The first kappa shape index (κ1) is 49.9. The fourth-order valence-corrected chi connectivity index (χ4v) is 8.06. The number of methoxy groups -OCH3 is 1. The number of ether oxygens (including phenoxy) is 3. The number of aromatic nitrogens is 8. The van der Waals surface area contributed by atoms with Gasteiger partial charge in [0.05, 0.1) is 29.5 Å². The van der Waals surface area contributed by atoms with Gasteiger partial charge < -0.3 is 39.7 Å². The Hall–Kier alpha value is -8.01. The second-order valence-electron chi connectivity index (χ2n) is 17.6. The van der Waals surface area contributed by atoms with Gasteiger partial charge in [0, 0.05) is 70.0 Å². The van der Waals surface area contributed by atoms with E-state index in [0.717, 1.165) is 0 Å². The van der Waals surface area contributed by atoms with Crippen LogP contribution in [0.2, 0.25) is 0 Å². The van der Waals surface area contributed by atoms with Crippen LogP contribution in [0.15, 0.2) is 60.7 Å². The number of anilines is 2. The molecule has 1 fully saturated rings. The highest BCUT2D eigenvalue weighted by Crippen LogP contribution is 2.33. The lowest BCUT2D eigenvalue weighted by molar-refractivity contribution is 0.0153. The van der Waals surface area contributed by atoms with E-state index in [1.54, 1.807) is 61.5 Å². The summed E-state index contributed by atoms with van der Waals surface area (Å²) in [4.78, 5) is 78.6. The summed E-state index contributed by atoms with van der Waals surface area (Å²) < 4.78 is 24.3. The van der Waals surface area contributed by atoms with Crippen LogP contribution < -0.4 is 31.6 Å². The minimum Gasteiger partial charge on any atom is -0.494 e. The van der Waals surface area contributed by atoms with Crippen molar-refractivity contribution in [2.75, 3.05) is 57.1 Å². The predicted molar refractivity (Wildman–Crippen MR) is 262 cm³/mol. The number of nitrogens with two attached hydrogens (primary N) is 2. The molecule has 6 aromatic rings. The molecular weight excluding hydrogens is 901 g/mol. The predicted octanol–water partition coefficient (Wildman–Crippen LogP) is 4.89. The first-order valence-corrected chi connectivity index (χ1v) is 22.9. The Labute approximate surface area is 404 Å². The van der Waals surface area contributed by atoms with E-state index in [0.29, 0.717) is 102 Å². The maximum atomic E-state index is 13.9. The number of imidazole rings is 2. The summed E-state index contributed by atoms with van der Waals surface area (Å²) >= 11 is 0. The van der Waals surface area contributed by atoms with Crippen LogP contribution in [0.4, 0.5) is 16.7 Å². The summed E-state index contributed by atoms with van der Waals surface area (Å²) in [5, 5.41) is 14.7. The van der Waals surface area contributed by atoms with Crippen LogP contribution >= 0.6 is 0 Å². The summed E-state index contributed by atoms with van der Waals surface area (Å²) in [6.07, 6.45) is 7.19. The van der Waals surface area contributed by atoms with Crippen molar-refractivity contribution >= 4 is 63.7 Å². The number of primary amides is 2. The molecule has 22 nitrogen and oxygen atoms in total. The summed E-state index contributed by atoms with van der Waals surface area (Å²) in [7, 11) is 1.46. The Morgan fingerprint density at radius 2 is 1.14 bits per heavy atom. The van der Waals surface area contributed by atoms with Gasteiger partial charge in [-0.1, -0.05) is 24.3 Å². The van der Waals surface area contributed by atoms with Gasteiger partial charge in [-0.15, -0.1) is 0 Å². The average molecular weight is 961 g/mol. The van der Waals surface area contributed by atoms with E-state index >= 15 is 0 Å². The molecule has 7 rings (SSSR count). The Balaban J connectivity index is 1.19. The SMILES string of the molecule is CCn1nc(C)cc1C(=O)Nc1nc2cc(C(N)=O)cc(OC)c2n1C/C=C/Cn1c(NC(=O)c2cc(C)nn2CC)nc2cc(C(N)=O)cc(OC/C=C/CN3CCN(C(=O)OC(C)(C)C)CC3)c21. The molecule has 0 saturated carbocycles. The van der Waals surface area contributed by atoms with Gasteiger partial charge in [0.2, 0.25) is 23.7 Å². The number of rotatable bonds is 18. The zero-order valence-electron chi connectivity index (χ0n) is 40.7. The lowest BCUT2D eigenvalue weighted by atomic mass is 10.1. The van der Waals surface area contributed by atoms with Crippen LogP contribution in [0.25, 0.3) is 22.1 Å². The summed E-state index contributed by atoms with van der Waals surface area (Å²) in [6.45, 7) is 17.3. The summed E-state index contributed by atoms with van der Waals surface area (Å²) in [5.41, 5.74) is 14.9. The van der Waals surface area contributed by atoms with Gasteiger partial charge in [-0.3, -0.25) is 44.1 Å². The number of fused-ring (bicyclic) bond motifs is 2. The average Bonchev–Trinajstić information content (AvgIpc) is 4.08. The first-order valence-electron chi connectivity index (χ1n) is 22.9. The molecule has 0 spiro atoms. The number of aryl methyl sites for hydroxylation is 4. The number of benzene rings is 2. The number of hydrogen-bond donors (Lipinski definition) is 4. The fraction of sp³-hybridized carbons (Fsp3) is 0.396. The summed E-state index contributed by atoms with van der Waals surface area (Å²) in [5.74, 6) is -1.36. The van der Waals surface area contributed by atoms with Crippen molar-refractivity contribution < 1.29 is 38.2 Å². The van der Waals surface area contributed by atoms with Crippen LogP contribution in [0.3, 0.4) is 0 Å². The third-order valence-corrected chi connectivity index (χ3v) is 11.4. The van der Waals surface area contributed by atoms with E-state index in [4.69, 9.17) is 35.6 Å². The van der Waals surface area contributed by atoms with Crippen LogP contribution in [0.5, 0.6) is 11.5 Å². The number of nitrogens with one attached hydrogen (secondary N) is 2. The molecule has 70 heavy (non-hydrogen) atoms. The Morgan fingerprint density at radius 1 is 0.671 bits per heavy atom. The van der Waals surface area contributed by atoms with E-state index < -0.39 is 29.2 Å². The molecule has 2 aromatic carbocycles. The molecule has 0 bridgehead atoms. The van der Waals surface area contributed by atoms with Gasteiger partial charge in [-0.2, -0.15) is 10.2 Å². The lowest BCUT2D eigenvalue weighted by Gasteiger charge is -2.35. The molecule has 5 heterocycles. The standard InChI is InChI=1S/C48H60N14O8/c1-9-61-35(23-29(3)55-61)43(65)53-45-51-33-25-31(41(49)63)27-37(68-8)39(33)59(45)16-11-12-17-60-40-34(52-46(60)54-44(66)36-24-30(4)56-62(36)10-2)26-32(42(50)64)28-38(40)69-22-14-13-15-57-18-20-58(21-19-57)47(67)70-48(5,6)7/h11-14,23-28H,9-10,15-22H2,1-8H3,(H2,49,63)(H2,50,64)(H,51,53,65)(H,52,54,66)/b12-11+,14-13+. The number of carbonyl (C=O) groups is 5. The molecule has 370 valence electrons. The van der Waals surface area contributed by atoms with Crippen LogP contribution in [0.1, 0.15) is 87.7 Å². The Kier molecular flexibility index (Phi) is 15.0. The quantitative estimate of drug-likeness (QED) is 0.0837. The highest BCUT2D eigenvalue weighted by molar-refractivity contribution is 6.05. The van der Waals surface area contributed by atoms with Gasteiger partial charge in [0.15, 0.2) is 0 Å². The molecular formula is C48H60N14O8. The third-order valence-electron chi connectivity index (χ3n) is 11.4. The normalized spacial score (nSPS) is 13.5. The zero-order chi connectivity index (χ0) is 50.4. The Morgan fingerprint density at radius 3 is 1.60 bits per heavy atom. The zero-order valence-corrected chi connectivity index (χ0v) is 40.7. The van der Waals surface area contributed by atoms with E-state index in [2.05, 4.69) is 25.7 Å². The molecule has 1 saturated heterocycles. The van der Waals surface area contributed by atoms with Gasteiger partial charge in [-0.25, -0.2) is 14.8 Å². The first-order chi connectivity index (χ1) is 33.4. The Bertz CT molecular complexity index is 3020. The van der Waals surface area contributed by atoms with E-state index in [9.17, 15) is 24.0 Å². The smallest absolute Gasteiger partial charge is 0.410 e. The minimum absolute atomic E-state index is 0.118. The number of nitrogens with zero attached hydrogens (tertiary/aromatic N) is 10. The fourth-order valence-electron chi connectivity index (χ4n) is 8.06. The van der Waals surface area contributed by atoms with Crippen molar-refractivity contribution in [3.8, 4) is 11.5 Å². The molecule has 5 amide bonds. The molecule has 0 atom stereocenters. The second-order valence-corrected chi connectivity index (χ2v) is 17.6. The summed E-state index contributed by atoms with van der Waals surface area (Å²) in [6, 6.07) is 9.49. The van der Waals surface area contributed by atoms with E-state index in [1.807, 2.05) is 58.9 Å². The molecule has 0 aliphatic carbocycles. The van der Waals surface area contributed by atoms with Crippen LogP contribution in [0, 0.1) is 13.8 Å². The number of carbonyl (C=O) groups excluding carboxylic acids is 5. The van der Waals surface area contributed by atoms with Crippen LogP contribution in [-0.4, -0.2) is 130 Å². The van der Waals surface area contributed by atoms with Gasteiger partial charge in [0.25, 0.3) is 11.8 Å². The monoisotopic (exact) mass is 960 g/mol. The van der Waals surface area contributed by atoms with Crippen molar-refractivity contribution in [2.24, 2.45) is 11.5 Å². The minimum atomic E-state index is -0.696. The van der Waals surface area contributed by atoms with Crippen LogP contribution in [-0.2, 0) is 30.9 Å². The maximum Gasteiger partial charge on any atom is 0.410 e. The lowest BCUT2D eigenvalue weighted by Crippen LogP contribution is -2.49. The van der Waals surface area contributed by atoms with Crippen molar-refractivity contribution in [1.82, 2.24) is 48.5 Å². The second kappa shape index (κ2) is 21.1. The van der Waals surface area contributed by atoms with Gasteiger partial charge in [-0.05, 0) is 84.9 Å². The number of amides is 5. The maximum absolute atomic E-state index is 13.9. The van der Waals surface area contributed by atoms with Crippen molar-refractivity contribution in [2.45, 2.75) is 80.2 Å². The number of allylic oxidation sites excluding steroid dienone is 2. The van der Waals surface area contributed by atoms with E-state index in [1.165, 1.54) is 19.2 Å². The van der Waals surface area contributed by atoms with Gasteiger partial charge in [0.1, 0.15) is 46.1 Å². The molecule has 4 aromatic heterocycles. The number of piperazine rings is 1. The largest absolute Gasteiger partial charge is 0.494 e. The highest BCUT2D eigenvalue weighted by Gasteiger charge is 2.27. The van der Waals surface area contributed by atoms with Crippen molar-refractivity contribution in [3.05, 3.63) is 94.6 Å². The highest BCUT2D eigenvalue weighted by atomic mass is 16.6. The molecule has 22 heteroatoms. The van der Waals surface area contributed by atoms with Crippen molar-refractivity contribution in [1.29, 1.82) is 0 Å². The molecule has 1 aliphatic rings. The van der Waals surface area contributed by atoms with Crippen molar-refractivity contribution in [3.63, 3.8) is 0 Å². The third kappa shape index (κ3) is 11.3. The molecule has 0 radical (unpaired) electrons.